The maximum Gasteiger partial charge on any atom is 0.241 e. The van der Waals surface area contributed by atoms with Crippen molar-refractivity contribution in [3.63, 3.8) is 0 Å². The molecule has 5 heteroatoms. The van der Waals surface area contributed by atoms with Crippen molar-refractivity contribution in [2.24, 2.45) is 0 Å². The first-order valence-electron chi connectivity index (χ1n) is 7.56. The standard InChI is InChI=1S/C16H26N2O2S/c1-12-9-14(11-17-4)10-15(13(12)2)21(19,20)18-16(3)7-5-6-8-16/h9-10,17-18H,5-8,11H2,1-4H3. The molecule has 0 spiro atoms. The molecule has 0 unspecified atom stereocenters. The van der Waals surface area contributed by atoms with Crippen LogP contribution in [-0.4, -0.2) is 21.0 Å². The number of hydrogen-bond acceptors (Lipinski definition) is 3. The molecular weight excluding hydrogens is 284 g/mol. The van der Waals surface area contributed by atoms with Crippen LogP contribution in [0.25, 0.3) is 0 Å². The van der Waals surface area contributed by atoms with E-state index in [1.165, 1.54) is 0 Å². The molecule has 0 bridgehead atoms. The van der Waals surface area contributed by atoms with Crippen LogP contribution in [0.1, 0.15) is 49.3 Å². The molecule has 4 nitrogen and oxygen atoms in total. The number of benzene rings is 1. The van der Waals surface area contributed by atoms with Gasteiger partial charge in [0.15, 0.2) is 0 Å². The van der Waals surface area contributed by atoms with Gasteiger partial charge in [0.25, 0.3) is 0 Å². The third-order valence-corrected chi connectivity index (χ3v) is 6.20. The molecule has 0 atom stereocenters. The Bertz CT molecular complexity index is 617. The van der Waals surface area contributed by atoms with E-state index < -0.39 is 10.0 Å². The highest BCUT2D eigenvalue weighted by molar-refractivity contribution is 7.89. The zero-order valence-corrected chi connectivity index (χ0v) is 14.2. The van der Waals surface area contributed by atoms with Gasteiger partial charge in [0.1, 0.15) is 0 Å². The zero-order chi connectivity index (χ0) is 15.7. The van der Waals surface area contributed by atoms with Crippen LogP contribution in [0.2, 0.25) is 0 Å². The van der Waals surface area contributed by atoms with Crippen LogP contribution in [0.4, 0.5) is 0 Å². The van der Waals surface area contributed by atoms with Crippen LogP contribution in [0, 0.1) is 13.8 Å². The number of aryl methyl sites for hydroxylation is 1. The summed E-state index contributed by atoms with van der Waals surface area (Å²) in [5.41, 5.74) is 2.55. The monoisotopic (exact) mass is 310 g/mol. The first-order chi connectivity index (χ1) is 9.77. The lowest BCUT2D eigenvalue weighted by atomic mass is 10.0. The number of sulfonamides is 1. The summed E-state index contributed by atoms with van der Waals surface area (Å²) < 4.78 is 28.5. The smallest absolute Gasteiger partial charge is 0.241 e. The van der Waals surface area contributed by atoms with Gasteiger partial charge in [-0.2, -0.15) is 0 Å². The maximum absolute atomic E-state index is 12.8. The molecule has 2 N–H and O–H groups in total. The van der Waals surface area contributed by atoms with Gasteiger partial charge >= 0.3 is 0 Å². The summed E-state index contributed by atoms with van der Waals surface area (Å²) in [4.78, 5) is 0.417. The number of hydrogen-bond donors (Lipinski definition) is 2. The summed E-state index contributed by atoms with van der Waals surface area (Å²) in [6.07, 6.45) is 4.02. The maximum atomic E-state index is 12.8. The van der Waals surface area contributed by atoms with E-state index in [1.54, 1.807) is 6.07 Å². The second-order valence-electron chi connectivity index (χ2n) is 6.44. The fourth-order valence-corrected chi connectivity index (χ4v) is 4.95. The molecule has 118 valence electrons. The Morgan fingerprint density at radius 1 is 1.19 bits per heavy atom. The molecule has 0 saturated heterocycles. The molecule has 2 rings (SSSR count). The van der Waals surface area contributed by atoms with Crippen LogP contribution < -0.4 is 10.0 Å². The zero-order valence-electron chi connectivity index (χ0n) is 13.4. The van der Waals surface area contributed by atoms with Gasteiger partial charge in [-0.05, 0) is 63.4 Å². The molecule has 1 aliphatic rings. The van der Waals surface area contributed by atoms with E-state index in [0.29, 0.717) is 11.4 Å². The van der Waals surface area contributed by atoms with Crippen molar-refractivity contribution in [1.82, 2.24) is 10.0 Å². The quantitative estimate of drug-likeness (QED) is 0.879. The highest BCUT2D eigenvalue weighted by Gasteiger charge is 2.34. The lowest BCUT2D eigenvalue weighted by Crippen LogP contribution is -2.43. The van der Waals surface area contributed by atoms with Gasteiger partial charge in [0.2, 0.25) is 10.0 Å². The normalized spacial score (nSPS) is 18.1. The van der Waals surface area contributed by atoms with E-state index in [4.69, 9.17) is 0 Å². The topological polar surface area (TPSA) is 58.2 Å². The minimum Gasteiger partial charge on any atom is -0.316 e. The molecule has 1 aromatic rings. The van der Waals surface area contributed by atoms with Gasteiger partial charge in [-0.3, -0.25) is 0 Å². The molecule has 1 fully saturated rings. The molecule has 0 aliphatic heterocycles. The summed E-state index contributed by atoms with van der Waals surface area (Å²) in [5, 5.41) is 3.07. The molecule has 0 amide bonds. The lowest BCUT2D eigenvalue weighted by molar-refractivity contribution is 0.427. The second-order valence-corrected chi connectivity index (χ2v) is 8.09. The Hall–Kier alpha value is -0.910. The van der Waals surface area contributed by atoms with Crippen LogP contribution in [0.3, 0.4) is 0 Å². The van der Waals surface area contributed by atoms with Gasteiger partial charge in [-0.1, -0.05) is 18.9 Å². The van der Waals surface area contributed by atoms with Crippen molar-refractivity contribution < 1.29 is 8.42 Å². The van der Waals surface area contributed by atoms with Crippen LogP contribution in [0.5, 0.6) is 0 Å². The van der Waals surface area contributed by atoms with Crippen molar-refractivity contribution in [3.8, 4) is 0 Å². The van der Waals surface area contributed by atoms with E-state index in [-0.39, 0.29) is 5.54 Å². The Morgan fingerprint density at radius 3 is 2.38 bits per heavy atom. The van der Waals surface area contributed by atoms with E-state index in [9.17, 15) is 8.42 Å². The van der Waals surface area contributed by atoms with E-state index in [0.717, 1.165) is 42.4 Å². The van der Waals surface area contributed by atoms with Crippen LogP contribution in [-0.2, 0) is 16.6 Å². The molecule has 21 heavy (non-hydrogen) atoms. The SMILES string of the molecule is CNCc1cc(C)c(C)c(S(=O)(=O)NC2(C)CCCC2)c1. The minimum atomic E-state index is -3.47. The van der Waals surface area contributed by atoms with Crippen LogP contribution >= 0.6 is 0 Å². The Balaban J connectivity index is 2.39. The van der Waals surface area contributed by atoms with Crippen molar-refractivity contribution in [3.05, 3.63) is 28.8 Å². The fraction of sp³-hybridized carbons (Fsp3) is 0.625. The molecule has 0 heterocycles. The highest BCUT2D eigenvalue weighted by Crippen LogP contribution is 2.31. The van der Waals surface area contributed by atoms with E-state index in [1.807, 2.05) is 33.9 Å². The van der Waals surface area contributed by atoms with Crippen LogP contribution in [0.15, 0.2) is 17.0 Å². The van der Waals surface area contributed by atoms with Gasteiger partial charge in [-0.15, -0.1) is 0 Å². The predicted molar refractivity (Wildman–Crippen MR) is 85.9 cm³/mol. The molecule has 0 radical (unpaired) electrons. The lowest BCUT2D eigenvalue weighted by Gasteiger charge is -2.26. The third-order valence-electron chi connectivity index (χ3n) is 4.44. The fourth-order valence-electron chi connectivity index (χ4n) is 3.12. The first-order valence-corrected chi connectivity index (χ1v) is 9.04. The molecule has 1 aliphatic carbocycles. The van der Waals surface area contributed by atoms with Crippen molar-refractivity contribution in [2.75, 3.05) is 7.05 Å². The van der Waals surface area contributed by atoms with Gasteiger partial charge in [0.05, 0.1) is 4.90 Å². The second kappa shape index (κ2) is 6.07. The summed E-state index contributed by atoms with van der Waals surface area (Å²) in [6, 6.07) is 3.83. The summed E-state index contributed by atoms with van der Waals surface area (Å²) in [7, 11) is -1.61. The molecule has 0 aromatic heterocycles. The van der Waals surface area contributed by atoms with Crippen molar-refractivity contribution >= 4 is 10.0 Å². The molecule has 1 aromatic carbocycles. The average molecular weight is 310 g/mol. The van der Waals surface area contributed by atoms with E-state index >= 15 is 0 Å². The van der Waals surface area contributed by atoms with Gasteiger partial charge < -0.3 is 5.32 Å². The van der Waals surface area contributed by atoms with Crippen molar-refractivity contribution in [1.29, 1.82) is 0 Å². The Labute approximate surface area is 128 Å². The highest BCUT2D eigenvalue weighted by atomic mass is 32.2. The summed E-state index contributed by atoms with van der Waals surface area (Å²) >= 11 is 0. The molecule has 1 saturated carbocycles. The van der Waals surface area contributed by atoms with Gasteiger partial charge in [0, 0.05) is 12.1 Å². The predicted octanol–water partition coefficient (Wildman–Crippen LogP) is 2.63. The average Bonchev–Trinajstić information content (AvgIpc) is 2.79. The Kier molecular flexibility index (Phi) is 4.76. The van der Waals surface area contributed by atoms with Crippen molar-refractivity contribution in [2.45, 2.75) is 63.4 Å². The number of nitrogens with one attached hydrogen (secondary N) is 2. The summed E-state index contributed by atoms with van der Waals surface area (Å²) in [6.45, 7) is 6.52. The molecular formula is C16H26N2O2S. The first kappa shape index (κ1) is 16.5. The minimum absolute atomic E-state index is 0.293. The van der Waals surface area contributed by atoms with Gasteiger partial charge in [-0.25, -0.2) is 13.1 Å². The Morgan fingerprint density at radius 2 is 1.81 bits per heavy atom. The summed E-state index contributed by atoms with van der Waals surface area (Å²) in [5.74, 6) is 0. The third kappa shape index (κ3) is 3.65. The number of rotatable bonds is 5. The van der Waals surface area contributed by atoms with E-state index in [2.05, 4.69) is 10.0 Å². The largest absolute Gasteiger partial charge is 0.316 e.